The van der Waals surface area contributed by atoms with Crippen molar-refractivity contribution in [1.82, 2.24) is 0 Å². The molecule has 0 aliphatic heterocycles. The number of rotatable bonds is 4. The molecule has 66 valence electrons. The Kier molecular flexibility index (Phi) is 5.70. The summed E-state index contributed by atoms with van der Waals surface area (Å²) in [5.74, 6) is 0.511. The molecule has 12 heavy (non-hydrogen) atoms. The van der Waals surface area contributed by atoms with Crippen LogP contribution in [0.1, 0.15) is 20.3 Å². The fourth-order valence-corrected chi connectivity index (χ4v) is 0.716. The van der Waals surface area contributed by atoms with E-state index in [1.807, 2.05) is 19.1 Å². The molecule has 0 atom stereocenters. The van der Waals surface area contributed by atoms with E-state index in [1.54, 1.807) is 12.3 Å². The van der Waals surface area contributed by atoms with Crippen LogP contribution < -0.4 is 5.73 Å². The van der Waals surface area contributed by atoms with E-state index in [0.717, 1.165) is 12.0 Å². The lowest BCUT2D eigenvalue weighted by Crippen LogP contribution is -1.96. The van der Waals surface area contributed by atoms with E-state index in [9.17, 15) is 0 Å². The Bertz CT molecular complexity index is 222. The first-order valence-electron chi connectivity index (χ1n) is 4.03. The maximum Gasteiger partial charge on any atom is 0.130 e. The zero-order chi connectivity index (χ0) is 9.40. The number of hydrogen-bond donors (Lipinski definition) is 1. The van der Waals surface area contributed by atoms with Crippen molar-refractivity contribution in [3.8, 4) is 0 Å². The predicted octanol–water partition coefficient (Wildman–Crippen LogP) is 2.40. The van der Waals surface area contributed by atoms with Gasteiger partial charge in [0.1, 0.15) is 5.82 Å². The Morgan fingerprint density at radius 3 is 2.67 bits per heavy atom. The normalized spacial score (nSPS) is 13.8. The van der Waals surface area contributed by atoms with E-state index in [4.69, 9.17) is 5.73 Å². The van der Waals surface area contributed by atoms with E-state index in [0.29, 0.717) is 5.82 Å². The van der Waals surface area contributed by atoms with Crippen molar-refractivity contribution in [3.63, 3.8) is 0 Å². The SMILES string of the molecule is C=CC(/C=C\CC)=C(N)\N=C/C. The topological polar surface area (TPSA) is 38.4 Å². The van der Waals surface area contributed by atoms with Crippen molar-refractivity contribution in [2.45, 2.75) is 20.3 Å². The molecule has 0 fully saturated rings. The van der Waals surface area contributed by atoms with Gasteiger partial charge in [0.2, 0.25) is 0 Å². The van der Waals surface area contributed by atoms with E-state index in [2.05, 4.69) is 18.5 Å². The fourth-order valence-electron chi connectivity index (χ4n) is 0.716. The molecule has 2 N–H and O–H groups in total. The molecule has 2 heteroatoms. The van der Waals surface area contributed by atoms with Crippen molar-refractivity contribution in [2.75, 3.05) is 0 Å². The van der Waals surface area contributed by atoms with Gasteiger partial charge in [0.05, 0.1) is 0 Å². The Hall–Kier alpha value is -1.31. The van der Waals surface area contributed by atoms with Crippen molar-refractivity contribution in [3.05, 3.63) is 36.2 Å². The lowest BCUT2D eigenvalue weighted by Gasteiger charge is -1.96. The van der Waals surface area contributed by atoms with Crippen LogP contribution in [0.2, 0.25) is 0 Å². The molecule has 0 rings (SSSR count). The molecule has 0 amide bonds. The minimum absolute atomic E-state index is 0.511. The first-order chi connectivity index (χ1) is 5.76. The molecule has 0 unspecified atom stereocenters. The highest BCUT2D eigenvalue weighted by molar-refractivity contribution is 5.56. The number of aliphatic imine (C=N–C) groups is 1. The molecule has 0 saturated carbocycles. The summed E-state index contributed by atoms with van der Waals surface area (Å²) in [5.41, 5.74) is 6.51. The van der Waals surface area contributed by atoms with Crippen LogP contribution in [0.3, 0.4) is 0 Å². The van der Waals surface area contributed by atoms with E-state index in [-0.39, 0.29) is 0 Å². The third-order valence-electron chi connectivity index (χ3n) is 1.32. The summed E-state index contributed by atoms with van der Waals surface area (Å²) in [6.07, 6.45) is 8.30. The van der Waals surface area contributed by atoms with Crippen LogP contribution in [0.4, 0.5) is 0 Å². The van der Waals surface area contributed by atoms with Crippen molar-refractivity contribution < 1.29 is 0 Å². The van der Waals surface area contributed by atoms with Crippen LogP contribution in [0.25, 0.3) is 0 Å². The second-order valence-corrected chi connectivity index (χ2v) is 2.24. The average molecular weight is 164 g/mol. The number of nitrogens with zero attached hydrogens (tertiary/aromatic N) is 1. The monoisotopic (exact) mass is 164 g/mol. The van der Waals surface area contributed by atoms with Crippen LogP contribution in [0, 0.1) is 0 Å². The first-order valence-corrected chi connectivity index (χ1v) is 4.03. The van der Waals surface area contributed by atoms with Gasteiger partial charge in [-0.3, -0.25) is 0 Å². The summed E-state index contributed by atoms with van der Waals surface area (Å²) >= 11 is 0. The van der Waals surface area contributed by atoms with Gasteiger partial charge in [-0.25, -0.2) is 4.99 Å². The molecule has 0 heterocycles. The second-order valence-electron chi connectivity index (χ2n) is 2.24. The van der Waals surface area contributed by atoms with Crippen LogP contribution in [0.15, 0.2) is 41.2 Å². The Labute approximate surface area is 74.2 Å². The summed E-state index contributed by atoms with van der Waals surface area (Å²) in [6.45, 7) is 7.55. The molecular formula is C10H16N2. The predicted molar refractivity (Wildman–Crippen MR) is 55.0 cm³/mol. The van der Waals surface area contributed by atoms with E-state index < -0.39 is 0 Å². The standard InChI is InChI=1S/C10H16N2/c1-4-7-8-9(5-2)10(11)12-6-3/h5-8H,2,4,11H2,1,3H3/b8-7-,10-9+,12-6-. The molecule has 0 saturated heterocycles. The molecule has 0 aromatic rings. The summed E-state index contributed by atoms with van der Waals surface area (Å²) in [6, 6.07) is 0. The maximum absolute atomic E-state index is 5.64. The second kappa shape index (κ2) is 6.40. The van der Waals surface area contributed by atoms with Crippen LogP contribution in [0.5, 0.6) is 0 Å². The van der Waals surface area contributed by atoms with Gasteiger partial charge in [-0.15, -0.1) is 0 Å². The smallest absolute Gasteiger partial charge is 0.130 e. The lowest BCUT2D eigenvalue weighted by molar-refractivity contribution is 1.19. The van der Waals surface area contributed by atoms with E-state index in [1.165, 1.54) is 0 Å². The Morgan fingerprint density at radius 1 is 1.58 bits per heavy atom. The van der Waals surface area contributed by atoms with Crippen LogP contribution in [-0.4, -0.2) is 6.21 Å². The van der Waals surface area contributed by atoms with Crippen LogP contribution in [-0.2, 0) is 0 Å². The number of allylic oxidation sites excluding steroid dienone is 4. The summed E-state index contributed by atoms with van der Waals surface area (Å²) < 4.78 is 0. The number of hydrogen-bond acceptors (Lipinski definition) is 2. The molecule has 0 aromatic carbocycles. The van der Waals surface area contributed by atoms with Gasteiger partial charge in [0.15, 0.2) is 0 Å². The van der Waals surface area contributed by atoms with E-state index >= 15 is 0 Å². The lowest BCUT2D eigenvalue weighted by atomic mass is 10.2. The third-order valence-corrected chi connectivity index (χ3v) is 1.32. The summed E-state index contributed by atoms with van der Waals surface area (Å²) in [4.78, 5) is 3.96. The fraction of sp³-hybridized carbons (Fsp3) is 0.300. The molecule has 0 aliphatic carbocycles. The minimum atomic E-state index is 0.511. The number of nitrogens with two attached hydrogens (primary N) is 1. The molecular weight excluding hydrogens is 148 g/mol. The van der Waals surface area contributed by atoms with Gasteiger partial charge in [-0.1, -0.05) is 31.7 Å². The van der Waals surface area contributed by atoms with Crippen molar-refractivity contribution in [1.29, 1.82) is 0 Å². The average Bonchev–Trinajstić information content (AvgIpc) is 2.06. The summed E-state index contributed by atoms with van der Waals surface area (Å²) in [7, 11) is 0. The molecule has 0 radical (unpaired) electrons. The highest BCUT2D eigenvalue weighted by Crippen LogP contribution is 2.03. The minimum Gasteiger partial charge on any atom is -0.383 e. The largest absolute Gasteiger partial charge is 0.383 e. The van der Waals surface area contributed by atoms with Gasteiger partial charge in [-0.2, -0.15) is 0 Å². The van der Waals surface area contributed by atoms with Crippen molar-refractivity contribution >= 4 is 6.21 Å². The molecule has 0 aromatic heterocycles. The molecule has 2 nitrogen and oxygen atoms in total. The summed E-state index contributed by atoms with van der Waals surface area (Å²) in [5, 5.41) is 0. The molecule has 0 aliphatic rings. The highest BCUT2D eigenvalue weighted by Gasteiger charge is 1.90. The third kappa shape index (κ3) is 3.76. The van der Waals surface area contributed by atoms with Gasteiger partial charge in [0.25, 0.3) is 0 Å². The molecule has 0 bridgehead atoms. The highest BCUT2D eigenvalue weighted by atomic mass is 14.9. The van der Waals surface area contributed by atoms with Gasteiger partial charge >= 0.3 is 0 Å². The zero-order valence-corrected chi connectivity index (χ0v) is 7.75. The van der Waals surface area contributed by atoms with Crippen LogP contribution >= 0.6 is 0 Å². The van der Waals surface area contributed by atoms with Gasteiger partial charge in [0, 0.05) is 11.8 Å². The quantitative estimate of drug-likeness (QED) is 0.503. The zero-order valence-electron chi connectivity index (χ0n) is 7.75. The first kappa shape index (κ1) is 10.7. The maximum atomic E-state index is 5.64. The molecule has 0 spiro atoms. The Balaban J connectivity index is 4.60. The van der Waals surface area contributed by atoms with Gasteiger partial charge in [-0.05, 0) is 13.3 Å². The van der Waals surface area contributed by atoms with Crippen molar-refractivity contribution in [2.24, 2.45) is 10.7 Å². The Morgan fingerprint density at radius 2 is 2.25 bits per heavy atom. The van der Waals surface area contributed by atoms with Gasteiger partial charge < -0.3 is 5.73 Å².